The van der Waals surface area contributed by atoms with Gasteiger partial charge in [-0.25, -0.2) is 13.2 Å². The molecule has 1 aromatic carbocycles. The van der Waals surface area contributed by atoms with E-state index >= 15 is 0 Å². The molecule has 0 saturated heterocycles. The standard InChI is InChI=1S/C13HF3N6/c14-10-7(3-19)12(16)13(8(4-20)11(10)15)22-9(5-21)6(1-17)2-18/h22H. The first-order chi connectivity index (χ1) is 10.5. The molecule has 0 aliphatic rings. The summed E-state index contributed by atoms with van der Waals surface area (Å²) in [5.41, 5.74) is -5.02. The molecule has 22 heavy (non-hydrogen) atoms. The largest absolute Gasteiger partial charge is 0.342 e. The highest BCUT2D eigenvalue weighted by molar-refractivity contribution is 5.68. The quantitative estimate of drug-likeness (QED) is 0.656. The summed E-state index contributed by atoms with van der Waals surface area (Å²) in [5.74, 6) is -5.28. The minimum atomic E-state index is -1.86. The lowest BCUT2D eigenvalue weighted by molar-refractivity contribution is 0.490. The summed E-state index contributed by atoms with van der Waals surface area (Å²) in [4.78, 5) is 0. The first-order valence-corrected chi connectivity index (χ1v) is 5.18. The maximum Gasteiger partial charge on any atom is 0.181 e. The minimum absolute atomic E-state index is 0.769. The van der Waals surface area contributed by atoms with E-state index in [1.54, 1.807) is 0 Å². The van der Waals surface area contributed by atoms with E-state index in [4.69, 9.17) is 26.3 Å². The lowest BCUT2D eigenvalue weighted by atomic mass is 10.1. The molecule has 0 aliphatic carbocycles. The fraction of sp³-hybridized carbons (Fsp3) is 0. The number of halogens is 3. The summed E-state index contributed by atoms with van der Waals surface area (Å²) in [6, 6.07) is 6.26. The van der Waals surface area contributed by atoms with Crippen molar-refractivity contribution in [3.8, 4) is 30.3 Å². The monoisotopic (exact) mass is 298 g/mol. The van der Waals surface area contributed by atoms with Gasteiger partial charge in [0.2, 0.25) is 0 Å². The van der Waals surface area contributed by atoms with Crippen LogP contribution in [0.1, 0.15) is 11.1 Å². The summed E-state index contributed by atoms with van der Waals surface area (Å²) in [5, 5.41) is 45.4. The lowest BCUT2D eigenvalue weighted by Crippen LogP contribution is -2.10. The average Bonchev–Trinajstić information content (AvgIpc) is 2.52. The van der Waals surface area contributed by atoms with E-state index in [9.17, 15) is 13.2 Å². The van der Waals surface area contributed by atoms with Gasteiger partial charge in [0.25, 0.3) is 0 Å². The summed E-state index contributed by atoms with van der Waals surface area (Å²) in [6.45, 7) is 0. The van der Waals surface area contributed by atoms with Gasteiger partial charge < -0.3 is 5.32 Å². The first kappa shape index (κ1) is 16.1. The van der Waals surface area contributed by atoms with Crippen LogP contribution in [0.4, 0.5) is 18.9 Å². The molecule has 0 unspecified atom stereocenters. The Labute approximate surface area is 121 Å². The number of nitriles is 5. The third-order valence-corrected chi connectivity index (χ3v) is 2.38. The van der Waals surface area contributed by atoms with Crippen LogP contribution in [0.15, 0.2) is 11.3 Å². The second-order valence-electron chi connectivity index (χ2n) is 3.50. The third-order valence-electron chi connectivity index (χ3n) is 2.38. The summed E-state index contributed by atoms with van der Waals surface area (Å²) in [7, 11) is 0. The number of hydrogen-bond donors (Lipinski definition) is 1. The van der Waals surface area contributed by atoms with Crippen LogP contribution in [0.5, 0.6) is 0 Å². The predicted molar refractivity (Wildman–Crippen MR) is 63.2 cm³/mol. The molecule has 0 spiro atoms. The van der Waals surface area contributed by atoms with Gasteiger partial charge in [-0.2, -0.15) is 26.3 Å². The van der Waals surface area contributed by atoms with E-state index in [2.05, 4.69) is 0 Å². The van der Waals surface area contributed by atoms with E-state index in [-0.39, 0.29) is 0 Å². The van der Waals surface area contributed by atoms with Gasteiger partial charge in [-0.1, -0.05) is 0 Å². The molecule has 6 nitrogen and oxygen atoms in total. The van der Waals surface area contributed by atoms with Crippen molar-refractivity contribution in [1.82, 2.24) is 0 Å². The Morgan fingerprint density at radius 2 is 1.23 bits per heavy atom. The Morgan fingerprint density at radius 3 is 1.64 bits per heavy atom. The molecule has 0 fully saturated rings. The van der Waals surface area contributed by atoms with Crippen molar-refractivity contribution in [2.75, 3.05) is 5.32 Å². The normalized spacial score (nSPS) is 8.45. The van der Waals surface area contributed by atoms with Gasteiger partial charge in [0.15, 0.2) is 23.0 Å². The number of nitrogens with zero attached hydrogens (tertiary/aromatic N) is 5. The van der Waals surface area contributed by atoms with E-state index < -0.39 is 45.5 Å². The number of allylic oxidation sites excluding steroid dienone is 2. The Balaban J connectivity index is 3.76. The van der Waals surface area contributed by atoms with Crippen molar-refractivity contribution in [2.24, 2.45) is 0 Å². The zero-order valence-electron chi connectivity index (χ0n) is 10.4. The highest BCUT2D eigenvalue weighted by atomic mass is 19.2. The number of rotatable bonds is 2. The van der Waals surface area contributed by atoms with Gasteiger partial charge >= 0.3 is 0 Å². The van der Waals surface area contributed by atoms with E-state index in [0.29, 0.717) is 0 Å². The van der Waals surface area contributed by atoms with Crippen molar-refractivity contribution in [1.29, 1.82) is 26.3 Å². The van der Waals surface area contributed by atoms with Gasteiger partial charge in [-0.3, -0.25) is 0 Å². The molecule has 0 aromatic heterocycles. The molecule has 0 radical (unpaired) electrons. The van der Waals surface area contributed by atoms with Gasteiger partial charge in [-0.05, 0) is 0 Å². The molecule has 1 rings (SSSR count). The lowest BCUT2D eigenvalue weighted by Gasteiger charge is -2.11. The van der Waals surface area contributed by atoms with Gasteiger partial charge in [0.05, 0.1) is 5.69 Å². The summed E-state index contributed by atoms with van der Waals surface area (Å²) in [6.07, 6.45) is 0. The van der Waals surface area contributed by atoms with Crippen LogP contribution in [0, 0.1) is 74.1 Å². The fourth-order valence-corrected chi connectivity index (χ4v) is 1.39. The number of benzene rings is 1. The van der Waals surface area contributed by atoms with Crippen LogP contribution in [0.3, 0.4) is 0 Å². The molecule has 0 amide bonds. The topological polar surface area (TPSA) is 131 Å². The van der Waals surface area contributed by atoms with Gasteiger partial charge in [-0.15, -0.1) is 0 Å². The van der Waals surface area contributed by atoms with E-state index in [1.807, 2.05) is 5.32 Å². The maximum absolute atomic E-state index is 14.0. The van der Waals surface area contributed by atoms with Crippen LogP contribution < -0.4 is 5.32 Å². The highest BCUT2D eigenvalue weighted by Gasteiger charge is 2.26. The first-order valence-electron chi connectivity index (χ1n) is 5.18. The SMILES string of the molecule is N#CC(C#N)=C(C#N)Nc1c(F)c(C#N)c(F)c(F)c1C#N. The predicted octanol–water partition coefficient (Wildman–Crippen LogP) is 2.08. The van der Waals surface area contributed by atoms with Crippen molar-refractivity contribution < 1.29 is 13.2 Å². The smallest absolute Gasteiger partial charge is 0.181 e. The average molecular weight is 298 g/mol. The molecule has 1 N–H and O–H groups in total. The molecule has 0 aliphatic heterocycles. The van der Waals surface area contributed by atoms with Gasteiger partial charge in [0.1, 0.15) is 47.2 Å². The van der Waals surface area contributed by atoms with Crippen LogP contribution in [-0.2, 0) is 0 Å². The van der Waals surface area contributed by atoms with Crippen molar-refractivity contribution in [2.45, 2.75) is 0 Å². The molecule has 104 valence electrons. The Hall–Kier alpha value is -4.00. The highest BCUT2D eigenvalue weighted by Crippen LogP contribution is 2.29. The van der Waals surface area contributed by atoms with Crippen LogP contribution in [0.25, 0.3) is 0 Å². The Bertz CT molecular complexity index is 881. The molecular formula is C13HF3N6. The second-order valence-corrected chi connectivity index (χ2v) is 3.50. The zero-order valence-corrected chi connectivity index (χ0v) is 10.4. The zero-order chi connectivity index (χ0) is 16.9. The molecular weight excluding hydrogens is 297 g/mol. The Kier molecular flexibility index (Phi) is 4.70. The van der Waals surface area contributed by atoms with E-state index in [1.165, 1.54) is 24.3 Å². The second kappa shape index (κ2) is 6.44. The van der Waals surface area contributed by atoms with Crippen LogP contribution in [-0.4, -0.2) is 0 Å². The van der Waals surface area contributed by atoms with Crippen LogP contribution >= 0.6 is 0 Å². The summed E-state index contributed by atoms with van der Waals surface area (Å²) < 4.78 is 41.0. The fourth-order valence-electron chi connectivity index (χ4n) is 1.39. The van der Waals surface area contributed by atoms with Gasteiger partial charge in [0, 0.05) is 0 Å². The molecule has 1 aromatic rings. The maximum atomic E-state index is 14.0. The molecule has 9 heteroatoms. The van der Waals surface area contributed by atoms with Crippen molar-refractivity contribution in [3.63, 3.8) is 0 Å². The molecule has 0 saturated carbocycles. The number of nitrogens with one attached hydrogen (secondary N) is 1. The summed E-state index contributed by atoms with van der Waals surface area (Å²) >= 11 is 0. The number of anilines is 1. The molecule has 0 heterocycles. The van der Waals surface area contributed by atoms with E-state index in [0.717, 1.165) is 6.07 Å². The Morgan fingerprint density at radius 1 is 0.727 bits per heavy atom. The molecule has 0 atom stereocenters. The van der Waals surface area contributed by atoms with Crippen molar-refractivity contribution in [3.05, 3.63) is 39.8 Å². The van der Waals surface area contributed by atoms with Crippen LogP contribution in [0.2, 0.25) is 0 Å². The minimum Gasteiger partial charge on any atom is -0.342 e. The van der Waals surface area contributed by atoms with Crippen molar-refractivity contribution >= 4 is 5.69 Å². The molecule has 0 bridgehead atoms. The third kappa shape index (κ3) is 2.49. The number of hydrogen-bond acceptors (Lipinski definition) is 6.